The molecule has 1 aromatic rings. The Morgan fingerprint density at radius 3 is 3.07 bits per heavy atom. The topological polar surface area (TPSA) is 45.4 Å². The molecule has 0 fully saturated rings. The van der Waals surface area contributed by atoms with Gasteiger partial charge in [0.05, 0.1) is 6.61 Å². The first-order valence-corrected chi connectivity index (χ1v) is 5.21. The lowest BCUT2D eigenvalue weighted by molar-refractivity contribution is 0.309. The van der Waals surface area contributed by atoms with Crippen LogP contribution in [0.25, 0.3) is 0 Å². The van der Waals surface area contributed by atoms with Crippen molar-refractivity contribution in [2.75, 3.05) is 6.61 Å². The van der Waals surface area contributed by atoms with E-state index in [0.717, 1.165) is 36.3 Å². The fraction of sp³-hybridized carbons (Fsp3) is 0.333. The Morgan fingerprint density at radius 1 is 1.40 bits per heavy atom. The first-order chi connectivity index (χ1) is 7.31. The second-order valence-corrected chi connectivity index (χ2v) is 3.56. The van der Waals surface area contributed by atoms with Crippen molar-refractivity contribution in [3.05, 3.63) is 29.3 Å². The lowest BCUT2D eigenvalue weighted by Gasteiger charge is -2.06. The molecule has 0 bridgehead atoms. The van der Waals surface area contributed by atoms with Gasteiger partial charge in [-0.15, -0.1) is 0 Å². The van der Waals surface area contributed by atoms with E-state index in [1.807, 2.05) is 18.2 Å². The zero-order valence-corrected chi connectivity index (χ0v) is 8.79. The van der Waals surface area contributed by atoms with E-state index in [1.165, 1.54) is 0 Å². The van der Waals surface area contributed by atoms with Gasteiger partial charge in [0, 0.05) is 17.3 Å². The molecule has 0 aromatic heterocycles. The van der Waals surface area contributed by atoms with Gasteiger partial charge in [0.15, 0.2) is 5.84 Å². The Morgan fingerprint density at radius 2 is 2.27 bits per heavy atom. The Balaban J connectivity index is 2.10. The zero-order chi connectivity index (χ0) is 10.7. The smallest absolute Gasteiger partial charge is 0.152 e. The van der Waals surface area contributed by atoms with Gasteiger partial charge in [-0.2, -0.15) is 0 Å². The van der Waals surface area contributed by atoms with Gasteiger partial charge in [-0.25, -0.2) is 4.99 Å². The highest BCUT2D eigenvalue weighted by atomic mass is 16.5. The number of aliphatic imine (C=N–C) groups is 1. The van der Waals surface area contributed by atoms with Crippen molar-refractivity contribution in [1.29, 1.82) is 5.41 Å². The molecule has 0 spiro atoms. The molecule has 1 aromatic carbocycles. The third-order valence-electron chi connectivity index (χ3n) is 2.38. The van der Waals surface area contributed by atoms with E-state index < -0.39 is 0 Å². The number of fused-ring (bicyclic) bond motifs is 1. The summed E-state index contributed by atoms with van der Waals surface area (Å²) in [5, 5.41) is 7.59. The Labute approximate surface area is 89.3 Å². The quantitative estimate of drug-likeness (QED) is 0.749. The maximum absolute atomic E-state index is 7.59. The van der Waals surface area contributed by atoms with E-state index >= 15 is 0 Å². The average Bonchev–Trinajstić information content (AvgIpc) is 2.61. The van der Waals surface area contributed by atoms with Crippen molar-refractivity contribution in [2.24, 2.45) is 4.99 Å². The summed E-state index contributed by atoms with van der Waals surface area (Å²) < 4.78 is 5.57. The normalized spacial score (nSPS) is 13.0. The van der Waals surface area contributed by atoms with Crippen LogP contribution in [0.1, 0.15) is 30.9 Å². The molecule has 78 valence electrons. The van der Waals surface area contributed by atoms with Gasteiger partial charge in [-0.05, 0) is 24.6 Å². The molecular weight excluding hydrogens is 188 g/mol. The summed E-state index contributed by atoms with van der Waals surface area (Å²) in [6.07, 6.45) is 3.91. The van der Waals surface area contributed by atoms with Crippen LogP contribution in [0.5, 0.6) is 5.75 Å². The first-order valence-electron chi connectivity index (χ1n) is 5.21. The molecule has 1 aliphatic rings. The Kier molecular flexibility index (Phi) is 2.81. The highest BCUT2D eigenvalue weighted by Crippen LogP contribution is 2.21. The molecule has 1 aliphatic heterocycles. The van der Waals surface area contributed by atoms with E-state index in [-0.39, 0.29) is 0 Å². The second kappa shape index (κ2) is 4.26. The van der Waals surface area contributed by atoms with Gasteiger partial charge in [-0.1, -0.05) is 13.3 Å². The molecule has 1 N–H and O–H groups in total. The van der Waals surface area contributed by atoms with Crippen molar-refractivity contribution < 1.29 is 4.74 Å². The molecule has 0 saturated carbocycles. The van der Waals surface area contributed by atoms with Gasteiger partial charge in [0.1, 0.15) is 5.75 Å². The van der Waals surface area contributed by atoms with E-state index in [2.05, 4.69) is 11.9 Å². The summed E-state index contributed by atoms with van der Waals surface area (Å²) in [5.74, 6) is 1.16. The molecule has 2 rings (SSSR count). The molecule has 0 atom stereocenters. The predicted molar refractivity (Wildman–Crippen MR) is 61.3 cm³/mol. The maximum atomic E-state index is 7.59. The molecule has 3 nitrogen and oxygen atoms in total. The standard InChI is InChI=1S/C12H14N2O/c1-2-3-6-15-10-5-4-9-8-14-12(13)11(9)7-10/h4-5,7-8,13H,2-3,6H2,1H3. The maximum Gasteiger partial charge on any atom is 0.152 e. The number of ether oxygens (including phenoxy) is 1. The summed E-state index contributed by atoms with van der Waals surface area (Å²) in [7, 11) is 0. The number of benzene rings is 1. The molecule has 0 unspecified atom stereocenters. The van der Waals surface area contributed by atoms with Crippen LogP contribution in [-0.2, 0) is 0 Å². The third-order valence-corrected chi connectivity index (χ3v) is 2.38. The van der Waals surface area contributed by atoms with Crippen molar-refractivity contribution in [1.82, 2.24) is 0 Å². The van der Waals surface area contributed by atoms with Crippen molar-refractivity contribution >= 4 is 12.1 Å². The number of unbranched alkanes of at least 4 members (excludes halogenated alkanes) is 1. The Hall–Kier alpha value is -1.64. The molecule has 0 amide bonds. The van der Waals surface area contributed by atoms with Crippen LogP contribution < -0.4 is 4.74 Å². The van der Waals surface area contributed by atoms with Crippen molar-refractivity contribution in [2.45, 2.75) is 19.8 Å². The number of nitrogens with zero attached hydrogens (tertiary/aromatic N) is 1. The Bertz CT molecular complexity index is 410. The van der Waals surface area contributed by atoms with Crippen molar-refractivity contribution in [3.8, 4) is 5.75 Å². The van der Waals surface area contributed by atoms with Gasteiger partial charge in [0.25, 0.3) is 0 Å². The molecule has 1 heterocycles. The average molecular weight is 202 g/mol. The summed E-state index contributed by atoms with van der Waals surface area (Å²) >= 11 is 0. The summed E-state index contributed by atoms with van der Waals surface area (Å²) in [4.78, 5) is 3.94. The predicted octanol–water partition coefficient (Wildman–Crippen LogP) is 2.62. The highest BCUT2D eigenvalue weighted by molar-refractivity contribution is 6.14. The van der Waals surface area contributed by atoms with Crippen LogP contribution >= 0.6 is 0 Å². The summed E-state index contributed by atoms with van der Waals surface area (Å²) in [6, 6.07) is 5.76. The molecular formula is C12H14N2O. The van der Waals surface area contributed by atoms with Crippen LogP contribution in [0, 0.1) is 5.41 Å². The third kappa shape index (κ3) is 2.06. The van der Waals surface area contributed by atoms with E-state index in [9.17, 15) is 0 Å². The van der Waals surface area contributed by atoms with Crippen LogP contribution in [0.4, 0.5) is 0 Å². The minimum Gasteiger partial charge on any atom is -0.494 e. The lowest BCUT2D eigenvalue weighted by Crippen LogP contribution is -1.99. The van der Waals surface area contributed by atoms with Gasteiger partial charge < -0.3 is 4.74 Å². The zero-order valence-electron chi connectivity index (χ0n) is 8.79. The van der Waals surface area contributed by atoms with E-state index in [4.69, 9.17) is 10.1 Å². The van der Waals surface area contributed by atoms with Gasteiger partial charge in [0.2, 0.25) is 0 Å². The van der Waals surface area contributed by atoms with Gasteiger partial charge in [-0.3, -0.25) is 5.41 Å². The molecule has 0 saturated heterocycles. The van der Waals surface area contributed by atoms with E-state index in [1.54, 1.807) is 6.21 Å². The highest BCUT2D eigenvalue weighted by Gasteiger charge is 2.12. The summed E-state index contributed by atoms with van der Waals surface area (Å²) in [6.45, 7) is 2.87. The van der Waals surface area contributed by atoms with Crippen LogP contribution in [0.3, 0.4) is 0 Å². The van der Waals surface area contributed by atoms with Gasteiger partial charge >= 0.3 is 0 Å². The fourth-order valence-corrected chi connectivity index (χ4v) is 1.48. The molecule has 3 heteroatoms. The first kappa shape index (κ1) is 9.90. The lowest BCUT2D eigenvalue weighted by atomic mass is 10.1. The molecule has 0 radical (unpaired) electrons. The second-order valence-electron chi connectivity index (χ2n) is 3.56. The SMILES string of the molecule is CCCCOc1ccc2c(c1)C(=N)N=C2. The largest absolute Gasteiger partial charge is 0.494 e. The van der Waals surface area contributed by atoms with Crippen molar-refractivity contribution in [3.63, 3.8) is 0 Å². The number of rotatable bonds is 4. The minimum atomic E-state index is 0.325. The summed E-state index contributed by atoms with van der Waals surface area (Å²) in [5.41, 5.74) is 1.87. The fourth-order valence-electron chi connectivity index (χ4n) is 1.48. The molecule has 15 heavy (non-hydrogen) atoms. The van der Waals surface area contributed by atoms with Crippen LogP contribution in [0.15, 0.2) is 23.2 Å². The minimum absolute atomic E-state index is 0.325. The number of amidine groups is 1. The van der Waals surface area contributed by atoms with Crippen LogP contribution in [-0.4, -0.2) is 18.7 Å². The monoisotopic (exact) mass is 202 g/mol. The van der Waals surface area contributed by atoms with Crippen LogP contribution in [0.2, 0.25) is 0 Å². The van der Waals surface area contributed by atoms with E-state index in [0.29, 0.717) is 5.84 Å². The number of hydrogen-bond acceptors (Lipinski definition) is 2. The number of nitrogens with one attached hydrogen (secondary N) is 1. The molecule has 0 aliphatic carbocycles. The number of hydrogen-bond donors (Lipinski definition) is 1.